The maximum atomic E-state index is 12.5. The van der Waals surface area contributed by atoms with E-state index in [0.29, 0.717) is 24.5 Å². The topological polar surface area (TPSA) is 132 Å². The van der Waals surface area contributed by atoms with E-state index in [1.807, 2.05) is 6.92 Å². The third-order valence-electron chi connectivity index (χ3n) is 3.46. The molecule has 1 rings (SSSR count). The molecule has 0 spiro atoms. The Kier molecular flexibility index (Phi) is 9.52. The van der Waals surface area contributed by atoms with Crippen molar-refractivity contribution in [2.75, 3.05) is 25.0 Å². The monoisotopic (exact) mass is 378 g/mol. The molecule has 0 saturated carbocycles. The second-order valence-corrected chi connectivity index (χ2v) is 5.60. The Morgan fingerprint density at radius 1 is 1.30 bits per heavy atom. The number of amidine groups is 1. The number of nitrogens with zero attached hydrogens (tertiary/aromatic N) is 1. The quantitative estimate of drug-likeness (QED) is 0.168. The molecule has 0 aliphatic rings. The predicted octanol–water partition coefficient (Wildman–Crippen LogP) is 0.433. The summed E-state index contributed by atoms with van der Waals surface area (Å²) in [4.78, 5) is 38.2. The van der Waals surface area contributed by atoms with Crippen LogP contribution in [0.25, 0.3) is 0 Å². The van der Waals surface area contributed by atoms with Crippen LogP contribution >= 0.6 is 0 Å². The third-order valence-corrected chi connectivity index (χ3v) is 3.46. The molecule has 148 valence electrons. The number of amides is 2. The molecule has 0 saturated heterocycles. The molecule has 2 unspecified atom stereocenters. The van der Waals surface area contributed by atoms with E-state index in [4.69, 9.17) is 15.2 Å². The van der Waals surface area contributed by atoms with Gasteiger partial charge >= 0.3 is 5.97 Å². The molecule has 9 nitrogen and oxygen atoms in total. The largest absolute Gasteiger partial charge is 0.450 e. The summed E-state index contributed by atoms with van der Waals surface area (Å²) in [5.74, 6) is -0.710. The molecule has 0 radical (unpaired) electrons. The van der Waals surface area contributed by atoms with Crippen molar-refractivity contribution >= 4 is 29.8 Å². The smallest absolute Gasteiger partial charge is 0.303 e. The average Bonchev–Trinajstić information content (AvgIpc) is 2.63. The summed E-state index contributed by atoms with van der Waals surface area (Å²) >= 11 is 0. The number of hydrogen-bond donors (Lipinski definition) is 3. The molecule has 1 aromatic carbocycles. The van der Waals surface area contributed by atoms with Gasteiger partial charge in [0.2, 0.25) is 12.5 Å². The predicted molar refractivity (Wildman–Crippen MR) is 101 cm³/mol. The highest BCUT2D eigenvalue weighted by molar-refractivity contribution is 5.99. The summed E-state index contributed by atoms with van der Waals surface area (Å²) in [5.41, 5.74) is 7.08. The van der Waals surface area contributed by atoms with E-state index in [9.17, 15) is 14.4 Å². The third kappa shape index (κ3) is 7.87. The van der Waals surface area contributed by atoms with Crippen LogP contribution in [0.4, 0.5) is 5.69 Å². The molecule has 0 aliphatic carbocycles. The molecule has 2 atom stereocenters. The lowest BCUT2D eigenvalue weighted by Crippen LogP contribution is -2.42. The molecular formula is C18H26N4O5. The maximum absolute atomic E-state index is 12.5. The number of aliphatic imine (C=N–C) groups is 1. The van der Waals surface area contributed by atoms with Crippen LogP contribution in [-0.2, 0) is 23.9 Å². The van der Waals surface area contributed by atoms with E-state index in [2.05, 4.69) is 15.6 Å². The van der Waals surface area contributed by atoms with Crippen molar-refractivity contribution in [3.05, 3.63) is 29.8 Å². The van der Waals surface area contributed by atoms with Gasteiger partial charge in [-0.1, -0.05) is 0 Å². The Hall–Kier alpha value is -2.94. The standard InChI is InChI=1S/C18H26N4O5/c1-4-21-17(19)14-5-7-15(8-6-14)22-18(25)16(27-13(3)24)12(2)26-10-9-20-11-23/h5-8,11-12,16H,4,9-10H2,1-3H3,(H2,19,21)(H,20,23)(H,22,25). The lowest BCUT2D eigenvalue weighted by atomic mass is 10.1. The fraction of sp³-hybridized carbons (Fsp3) is 0.444. The number of rotatable bonds is 11. The van der Waals surface area contributed by atoms with E-state index in [-0.39, 0.29) is 13.2 Å². The number of nitrogens with two attached hydrogens (primary N) is 1. The molecule has 0 fully saturated rings. The number of benzene rings is 1. The number of ether oxygens (including phenoxy) is 2. The van der Waals surface area contributed by atoms with E-state index in [1.165, 1.54) is 6.92 Å². The van der Waals surface area contributed by atoms with Crippen LogP contribution in [-0.4, -0.2) is 56.0 Å². The number of carbonyl (C=O) groups is 3. The normalized spacial score (nSPS) is 13.4. The van der Waals surface area contributed by atoms with Crippen molar-refractivity contribution in [3.63, 3.8) is 0 Å². The van der Waals surface area contributed by atoms with Gasteiger partial charge in [0, 0.05) is 31.3 Å². The zero-order valence-corrected chi connectivity index (χ0v) is 15.7. The van der Waals surface area contributed by atoms with Crippen molar-refractivity contribution in [1.29, 1.82) is 0 Å². The number of esters is 1. The first-order valence-corrected chi connectivity index (χ1v) is 8.56. The number of anilines is 1. The van der Waals surface area contributed by atoms with Crippen molar-refractivity contribution < 1.29 is 23.9 Å². The molecule has 0 aromatic heterocycles. The van der Waals surface area contributed by atoms with E-state index in [0.717, 1.165) is 5.56 Å². The Bertz CT molecular complexity index is 660. The van der Waals surface area contributed by atoms with Crippen molar-refractivity contribution in [3.8, 4) is 0 Å². The second-order valence-electron chi connectivity index (χ2n) is 5.60. The first kappa shape index (κ1) is 22.1. The Morgan fingerprint density at radius 3 is 2.52 bits per heavy atom. The Labute approximate surface area is 158 Å². The number of nitrogens with one attached hydrogen (secondary N) is 2. The lowest BCUT2D eigenvalue weighted by molar-refractivity contribution is -0.160. The fourth-order valence-electron chi connectivity index (χ4n) is 2.19. The Balaban J connectivity index is 2.76. The van der Waals surface area contributed by atoms with Crippen LogP contribution < -0.4 is 16.4 Å². The highest BCUT2D eigenvalue weighted by Gasteiger charge is 2.29. The van der Waals surface area contributed by atoms with Gasteiger partial charge in [-0.15, -0.1) is 0 Å². The minimum atomic E-state index is -1.13. The number of carbonyl (C=O) groups excluding carboxylic acids is 3. The summed E-state index contributed by atoms with van der Waals surface area (Å²) < 4.78 is 10.5. The molecule has 9 heteroatoms. The summed E-state index contributed by atoms with van der Waals surface area (Å²) in [6.45, 7) is 5.74. The molecule has 27 heavy (non-hydrogen) atoms. The zero-order chi connectivity index (χ0) is 20.2. The molecule has 4 N–H and O–H groups in total. The van der Waals surface area contributed by atoms with E-state index in [1.54, 1.807) is 31.2 Å². The van der Waals surface area contributed by atoms with Crippen LogP contribution in [0.2, 0.25) is 0 Å². The van der Waals surface area contributed by atoms with E-state index >= 15 is 0 Å². The van der Waals surface area contributed by atoms with Gasteiger partial charge in [-0.2, -0.15) is 0 Å². The molecule has 1 aromatic rings. The second kappa shape index (κ2) is 11.6. The lowest BCUT2D eigenvalue weighted by Gasteiger charge is -2.23. The summed E-state index contributed by atoms with van der Waals surface area (Å²) in [5, 5.41) is 5.12. The average molecular weight is 378 g/mol. The zero-order valence-electron chi connectivity index (χ0n) is 15.7. The maximum Gasteiger partial charge on any atom is 0.303 e. The summed E-state index contributed by atoms with van der Waals surface area (Å²) in [7, 11) is 0. The van der Waals surface area contributed by atoms with Crippen LogP contribution in [0.1, 0.15) is 26.3 Å². The van der Waals surface area contributed by atoms with Gasteiger partial charge < -0.3 is 25.8 Å². The van der Waals surface area contributed by atoms with Gasteiger partial charge in [-0.05, 0) is 38.1 Å². The highest BCUT2D eigenvalue weighted by atomic mass is 16.6. The SMILES string of the molecule is CCN=C(N)c1ccc(NC(=O)C(OC(C)=O)C(C)OCCNC=O)cc1. The minimum absolute atomic E-state index is 0.176. The molecule has 0 bridgehead atoms. The van der Waals surface area contributed by atoms with Crippen LogP contribution in [0.15, 0.2) is 29.3 Å². The van der Waals surface area contributed by atoms with E-state index < -0.39 is 24.1 Å². The molecule has 2 amide bonds. The molecule has 0 heterocycles. The van der Waals surface area contributed by atoms with Crippen LogP contribution in [0.3, 0.4) is 0 Å². The fourth-order valence-corrected chi connectivity index (χ4v) is 2.19. The molecular weight excluding hydrogens is 352 g/mol. The van der Waals surface area contributed by atoms with Gasteiger partial charge in [0.1, 0.15) is 11.9 Å². The molecule has 0 aliphatic heterocycles. The number of hydrogen-bond acceptors (Lipinski definition) is 6. The first-order chi connectivity index (χ1) is 12.9. The first-order valence-electron chi connectivity index (χ1n) is 8.56. The highest BCUT2D eigenvalue weighted by Crippen LogP contribution is 2.13. The summed E-state index contributed by atoms with van der Waals surface area (Å²) in [6.07, 6.45) is -1.29. The van der Waals surface area contributed by atoms with Gasteiger partial charge in [-0.25, -0.2) is 0 Å². The Morgan fingerprint density at radius 2 is 1.96 bits per heavy atom. The van der Waals surface area contributed by atoms with Crippen LogP contribution in [0, 0.1) is 0 Å². The van der Waals surface area contributed by atoms with Crippen LogP contribution in [0.5, 0.6) is 0 Å². The van der Waals surface area contributed by atoms with Crippen molar-refractivity contribution in [2.45, 2.75) is 33.0 Å². The van der Waals surface area contributed by atoms with Crippen molar-refractivity contribution in [1.82, 2.24) is 5.32 Å². The van der Waals surface area contributed by atoms with Gasteiger partial charge in [0.15, 0.2) is 0 Å². The summed E-state index contributed by atoms with van der Waals surface area (Å²) in [6, 6.07) is 6.82. The van der Waals surface area contributed by atoms with Crippen molar-refractivity contribution in [2.24, 2.45) is 10.7 Å². The van der Waals surface area contributed by atoms with Gasteiger partial charge in [0.25, 0.3) is 5.91 Å². The minimum Gasteiger partial charge on any atom is -0.450 e. The van der Waals surface area contributed by atoms with Gasteiger partial charge in [0.05, 0.1) is 6.61 Å². The van der Waals surface area contributed by atoms with Gasteiger partial charge in [-0.3, -0.25) is 19.4 Å².